The Balaban J connectivity index is 3.62. The number of carbonyl (C=O) groups is 1. The minimum Gasteiger partial charge on any atom is -0.481 e. The molecule has 0 aliphatic rings. The first-order chi connectivity index (χ1) is 12.2. The average Bonchev–Trinajstić information content (AvgIpc) is 2.58. The van der Waals surface area contributed by atoms with E-state index < -0.39 is 5.97 Å². The molecule has 2 nitrogen and oxygen atoms in total. The topological polar surface area (TPSA) is 37.3 Å². The molecule has 0 aliphatic heterocycles. The molecule has 140 valence electrons. The van der Waals surface area contributed by atoms with Crippen LogP contribution in [0.25, 0.3) is 0 Å². The van der Waals surface area contributed by atoms with E-state index in [1.807, 2.05) is 12.2 Å². The van der Waals surface area contributed by atoms with Crippen molar-refractivity contribution in [2.75, 3.05) is 0 Å². The van der Waals surface area contributed by atoms with Gasteiger partial charge in [-0.3, -0.25) is 4.79 Å². The van der Waals surface area contributed by atoms with Gasteiger partial charge in [0.25, 0.3) is 0 Å². The van der Waals surface area contributed by atoms with Crippen LogP contribution in [0, 0.1) is 5.92 Å². The van der Waals surface area contributed by atoms with Crippen LogP contribution < -0.4 is 0 Å². The lowest BCUT2D eigenvalue weighted by Gasteiger charge is -2.01. The molecular formula is C23H36O2. The zero-order valence-electron chi connectivity index (χ0n) is 16.1. The summed E-state index contributed by atoms with van der Waals surface area (Å²) in [5.74, 6) is -0.0722. The molecule has 0 saturated carbocycles. The molecule has 0 heterocycles. The van der Waals surface area contributed by atoms with E-state index in [1.54, 1.807) is 0 Å². The number of rotatable bonds is 15. The van der Waals surface area contributed by atoms with Gasteiger partial charge in [0, 0.05) is 6.42 Å². The second-order valence-electron chi connectivity index (χ2n) is 6.36. The van der Waals surface area contributed by atoms with Crippen molar-refractivity contribution in [3.63, 3.8) is 0 Å². The summed E-state index contributed by atoms with van der Waals surface area (Å²) in [4.78, 5) is 10.4. The van der Waals surface area contributed by atoms with Crippen molar-refractivity contribution >= 4 is 5.97 Å². The first-order valence-corrected chi connectivity index (χ1v) is 9.70. The van der Waals surface area contributed by atoms with Gasteiger partial charge in [-0.05, 0) is 44.4 Å². The molecule has 0 bridgehead atoms. The lowest BCUT2D eigenvalue weighted by molar-refractivity contribution is -0.137. The van der Waals surface area contributed by atoms with E-state index in [9.17, 15) is 4.79 Å². The van der Waals surface area contributed by atoms with E-state index in [0.717, 1.165) is 44.9 Å². The van der Waals surface area contributed by atoms with Gasteiger partial charge in [0.15, 0.2) is 0 Å². The van der Waals surface area contributed by atoms with Crippen LogP contribution in [0.3, 0.4) is 0 Å². The van der Waals surface area contributed by atoms with E-state index in [1.165, 1.54) is 6.42 Å². The van der Waals surface area contributed by atoms with Crippen LogP contribution >= 0.6 is 0 Å². The van der Waals surface area contributed by atoms with Gasteiger partial charge in [-0.15, -0.1) is 0 Å². The Morgan fingerprint density at radius 3 is 2.24 bits per heavy atom. The van der Waals surface area contributed by atoms with Crippen molar-refractivity contribution in [3.05, 3.63) is 60.8 Å². The van der Waals surface area contributed by atoms with Crippen molar-refractivity contribution in [3.8, 4) is 0 Å². The Bertz CT molecular complexity index is 453. The number of unbranched alkanes of at least 4 members (excludes halogenated alkanes) is 4. The number of aliphatic carboxylic acids is 1. The smallest absolute Gasteiger partial charge is 0.303 e. The monoisotopic (exact) mass is 344 g/mol. The summed E-state index contributed by atoms with van der Waals surface area (Å²) >= 11 is 0. The summed E-state index contributed by atoms with van der Waals surface area (Å²) in [5.41, 5.74) is 0. The molecule has 2 heteroatoms. The fraction of sp³-hybridized carbons (Fsp3) is 0.522. The molecule has 0 rings (SSSR count). The van der Waals surface area contributed by atoms with Gasteiger partial charge < -0.3 is 5.11 Å². The van der Waals surface area contributed by atoms with Gasteiger partial charge in [-0.25, -0.2) is 0 Å². The molecule has 1 N–H and O–H groups in total. The second kappa shape index (κ2) is 18.5. The fourth-order valence-electron chi connectivity index (χ4n) is 2.32. The lowest BCUT2D eigenvalue weighted by atomic mass is 10.0. The number of carboxylic acids is 1. The largest absolute Gasteiger partial charge is 0.481 e. The van der Waals surface area contributed by atoms with Crippen LogP contribution in [0.2, 0.25) is 0 Å². The van der Waals surface area contributed by atoms with Gasteiger partial charge in [0.1, 0.15) is 0 Å². The standard InChI is InChI=1S/C23H36O2/c1-3-4-5-16-19-22(2)20-17-14-12-10-8-6-7-9-11-13-15-18-21-23(24)25/h4-8,10,12,14,17,20,22H,3,9,11,13,15-16,18-19,21H2,1-2H3,(H,24,25). The summed E-state index contributed by atoms with van der Waals surface area (Å²) in [6, 6.07) is 0. The molecular weight excluding hydrogens is 308 g/mol. The molecule has 0 aromatic heterocycles. The Morgan fingerprint density at radius 1 is 0.840 bits per heavy atom. The van der Waals surface area contributed by atoms with E-state index in [-0.39, 0.29) is 0 Å². The van der Waals surface area contributed by atoms with Crippen molar-refractivity contribution in [2.45, 2.75) is 71.6 Å². The fourth-order valence-corrected chi connectivity index (χ4v) is 2.32. The lowest BCUT2D eigenvalue weighted by Crippen LogP contribution is -1.93. The minimum absolute atomic E-state index is 0.300. The van der Waals surface area contributed by atoms with E-state index in [2.05, 4.69) is 62.5 Å². The zero-order chi connectivity index (χ0) is 18.6. The summed E-state index contributed by atoms with van der Waals surface area (Å²) in [6.45, 7) is 4.42. The van der Waals surface area contributed by atoms with Gasteiger partial charge >= 0.3 is 5.97 Å². The molecule has 0 spiro atoms. The van der Waals surface area contributed by atoms with Gasteiger partial charge in [0.2, 0.25) is 0 Å². The number of hydrogen-bond acceptors (Lipinski definition) is 1. The highest BCUT2D eigenvalue weighted by atomic mass is 16.4. The third-order valence-electron chi connectivity index (χ3n) is 3.83. The second-order valence-corrected chi connectivity index (χ2v) is 6.36. The van der Waals surface area contributed by atoms with Crippen LogP contribution in [0.15, 0.2) is 60.8 Å². The SMILES string of the molecule is CCC=CCCC(C)C=CC=CC=CC=CCCCCCCC(=O)O. The molecule has 0 saturated heterocycles. The maximum absolute atomic E-state index is 10.4. The predicted molar refractivity (Wildman–Crippen MR) is 110 cm³/mol. The van der Waals surface area contributed by atoms with Crippen molar-refractivity contribution in [1.29, 1.82) is 0 Å². The van der Waals surface area contributed by atoms with Crippen LogP contribution in [0.4, 0.5) is 0 Å². The van der Waals surface area contributed by atoms with E-state index in [0.29, 0.717) is 12.3 Å². The third kappa shape index (κ3) is 20.1. The molecule has 0 aromatic rings. The Kier molecular flexibility index (Phi) is 17.2. The number of allylic oxidation sites excluding steroid dienone is 10. The summed E-state index contributed by atoms with van der Waals surface area (Å²) in [7, 11) is 0. The van der Waals surface area contributed by atoms with Crippen LogP contribution in [-0.2, 0) is 4.79 Å². The minimum atomic E-state index is -0.688. The molecule has 0 radical (unpaired) electrons. The molecule has 1 unspecified atom stereocenters. The third-order valence-corrected chi connectivity index (χ3v) is 3.83. The van der Waals surface area contributed by atoms with Gasteiger partial charge in [-0.2, -0.15) is 0 Å². The van der Waals surface area contributed by atoms with Crippen molar-refractivity contribution in [1.82, 2.24) is 0 Å². The zero-order valence-corrected chi connectivity index (χ0v) is 16.1. The highest BCUT2D eigenvalue weighted by Crippen LogP contribution is 2.08. The first-order valence-electron chi connectivity index (χ1n) is 9.70. The highest BCUT2D eigenvalue weighted by molar-refractivity contribution is 5.66. The van der Waals surface area contributed by atoms with Crippen molar-refractivity contribution < 1.29 is 9.90 Å². The number of carboxylic acid groups (broad SMARTS) is 1. The molecule has 25 heavy (non-hydrogen) atoms. The molecule has 0 aliphatic carbocycles. The number of hydrogen-bond donors (Lipinski definition) is 1. The van der Waals surface area contributed by atoms with Gasteiger partial charge in [-0.1, -0.05) is 87.4 Å². The molecule has 0 fully saturated rings. The van der Waals surface area contributed by atoms with Crippen LogP contribution in [0.1, 0.15) is 71.6 Å². The summed E-state index contributed by atoms with van der Waals surface area (Å²) < 4.78 is 0. The van der Waals surface area contributed by atoms with Crippen LogP contribution in [-0.4, -0.2) is 11.1 Å². The summed E-state index contributed by atoms with van der Waals surface area (Å²) in [5, 5.41) is 8.54. The molecule has 0 aromatic carbocycles. The van der Waals surface area contributed by atoms with Crippen molar-refractivity contribution in [2.24, 2.45) is 5.92 Å². The van der Waals surface area contributed by atoms with Crippen LogP contribution in [0.5, 0.6) is 0 Å². The highest BCUT2D eigenvalue weighted by Gasteiger charge is 1.95. The first kappa shape index (κ1) is 23.2. The van der Waals surface area contributed by atoms with Gasteiger partial charge in [0.05, 0.1) is 0 Å². The quantitative estimate of drug-likeness (QED) is 0.197. The average molecular weight is 345 g/mol. The Morgan fingerprint density at radius 2 is 1.52 bits per heavy atom. The van der Waals surface area contributed by atoms with E-state index >= 15 is 0 Å². The summed E-state index contributed by atoms with van der Waals surface area (Å²) in [6.07, 6.45) is 30.2. The normalized spacial score (nSPS) is 14.0. The molecule has 0 amide bonds. The Hall–Kier alpha value is -1.83. The van der Waals surface area contributed by atoms with E-state index in [4.69, 9.17) is 5.11 Å². The Labute approximate surface area is 154 Å². The maximum Gasteiger partial charge on any atom is 0.303 e. The predicted octanol–water partition coefficient (Wildman–Crippen LogP) is 7.02. The maximum atomic E-state index is 10.4. The molecule has 1 atom stereocenters.